The molecule has 0 aromatic carbocycles. The van der Waals surface area contributed by atoms with Gasteiger partial charge < -0.3 is 51.2 Å². The maximum absolute atomic E-state index is 12.4. The van der Waals surface area contributed by atoms with E-state index in [1.165, 1.54) is 40.0 Å². The average molecular weight is 664 g/mol. The molecule has 10 atom stereocenters. The highest BCUT2D eigenvalue weighted by Crippen LogP contribution is 2.60. The number of phosphoric acid groups is 2. The molecule has 0 saturated carbocycles. The first-order valence-electron chi connectivity index (χ1n) is 12.6. The number of nitrogen functional groups attached to an aromatic ring is 1. The number of ether oxygens (including phenoxy) is 2. The summed E-state index contributed by atoms with van der Waals surface area (Å²) in [4.78, 5) is 43.3. The normalized spacial score (nSPS) is 31.6. The Hall–Kier alpha value is -3.01. The van der Waals surface area contributed by atoms with Gasteiger partial charge >= 0.3 is 15.6 Å². The highest BCUT2D eigenvalue weighted by molar-refractivity contribution is 7.61. The maximum Gasteiger partial charge on any atom is 0.481 e. The van der Waals surface area contributed by atoms with E-state index in [4.69, 9.17) is 25.5 Å². The van der Waals surface area contributed by atoms with Crippen molar-refractivity contribution in [1.82, 2.24) is 19.5 Å². The number of pyridine rings is 1. The van der Waals surface area contributed by atoms with Gasteiger partial charge in [-0.05, 0) is 6.07 Å². The maximum atomic E-state index is 12.4. The summed E-state index contributed by atoms with van der Waals surface area (Å²) in [6, 6.07) is 2.83. The van der Waals surface area contributed by atoms with E-state index in [2.05, 4.69) is 23.8 Å². The standard InChI is InChI=1S/C21H27N7O14P2/c22-17-12-19(25-7-24-17)28(8-26-12)21-16(32)14(30)11(41-21)6-39-44(36,37)42-43(34,35)38-5-10-13(29)15(31)20(40-10)27-3-1-2-9(4-27)18(23)33/h1-4,7-8,10-11,13-16,20-21,29-32H,5-6H2,(H5-,22,23,24,25,33,34,35,36,37)/p+1/t10-,11-,13-,14-,15-,16-,20-,21+/m1/s1. The lowest BCUT2D eigenvalue weighted by Crippen LogP contribution is -2.46. The van der Waals surface area contributed by atoms with Gasteiger partial charge in [0.2, 0.25) is 0 Å². The Morgan fingerprint density at radius 3 is 2.27 bits per heavy atom. The van der Waals surface area contributed by atoms with Crippen molar-refractivity contribution >= 4 is 38.5 Å². The molecule has 10 N–H and O–H groups in total. The zero-order chi connectivity index (χ0) is 32.0. The number of rotatable bonds is 11. The Bertz CT molecular complexity index is 1630. The molecule has 0 bridgehead atoms. The van der Waals surface area contributed by atoms with Gasteiger partial charge in [-0.1, -0.05) is 0 Å². The Morgan fingerprint density at radius 2 is 1.61 bits per heavy atom. The molecule has 0 spiro atoms. The molecule has 5 rings (SSSR count). The minimum atomic E-state index is -5.37. The van der Waals surface area contributed by atoms with Gasteiger partial charge in [-0.15, -0.1) is 0 Å². The summed E-state index contributed by atoms with van der Waals surface area (Å²) in [5.74, 6) is -0.714. The minimum Gasteiger partial charge on any atom is -0.387 e. The number of aliphatic hydroxyl groups is 4. The van der Waals surface area contributed by atoms with Crippen molar-refractivity contribution in [1.29, 1.82) is 0 Å². The van der Waals surface area contributed by atoms with Crippen molar-refractivity contribution in [3.8, 4) is 0 Å². The molecule has 44 heavy (non-hydrogen) atoms. The number of fused-ring (bicyclic) bond motifs is 1. The smallest absolute Gasteiger partial charge is 0.387 e. The molecule has 2 aliphatic rings. The van der Waals surface area contributed by atoms with Crippen LogP contribution in [0.25, 0.3) is 11.2 Å². The van der Waals surface area contributed by atoms with Crippen molar-refractivity contribution in [2.45, 2.75) is 49.1 Å². The molecule has 23 heteroatoms. The van der Waals surface area contributed by atoms with Crippen LogP contribution in [0.4, 0.5) is 5.82 Å². The summed E-state index contributed by atoms with van der Waals surface area (Å²) >= 11 is 0. The Kier molecular flexibility index (Phi) is 9.13. The monoisotopic (exact) mass is 664 g/mol. The molecule has 0 aliphatic carbocycles. The third kappa shape index (κ3) is 6.65. The number of imidazole rings is 1. The van der Waals surface area contributed by atoms with Crippen molar-refractivity contribution in [3.05, 3.63) is 42.7 Å². The second-order valence-corrected chi connectivity index (χ2v) is 12.7. The fourth-order valence-electron chi connectivity index (χ4n) is 4.58. The van der Waals surface area contributed by atoms with Crippen LogP contribution in [0.1, 0.15) is 22.8 Å². The van der Waals surface area contributed by atoms with Crippen molar-refractivity contribution in [3.63, 3.8) is 0 Å². The number of phosphoric ester groups is 2. The predicted octanol–water partition coefficient (Wildman–Crippen LogP) is -3.02. The second kappa shape index (κ2) is 12.4. The van der Waals surface area contributed by atoms with Gasteiger partial charge in [0.05, 0.1) is 19.5 Å². The Morgan fingerprint density at radius 1 is 0.977 bits per heavy atom. The van der Waals surface area contributed by atoms with Crippen LogP contribution in [0.2, 0.25) is 0 Å². The molecule has 3 aromatic rings. The molecule has 2 unspecified atom stereocenters. The summed E-state index contributed by atoms with van der Waals surface area (Å²) in [6.07, 6.45) is -6.85. The van der Waals surface area contributed by atoms with Crippen molar-refractivity contribution < 1.29 is 71.5 Å². The van der Waals surface area contributed by atoms with E-state index in [0.717, 1.165) is 6.33 Å². The molecule has 21 nitrogen and oxygen atoms in total. The van der Waals surface area contributed by atoms with Gasteiger partial charge in [-0.25, -0.2) is 24.1 Å². The van der Waals surface area contributed by atoms with Gasteiger partial charge in [0.15, 0.2) is 36.2 Å². The van der Waals surface area contributed by atoms with E-state index in [-0.39, 0.29) is 22.5 Å². The van der Waals surface area contributed by atoms with Gasteiger partial charge in [-0.2, -0.15) is 8.88 Å². The molecular formula is C21H28N7O14P2+. The first kappa shape index (κ1) is 32.4. The van der Waals surface area contributed by atoms with Crippen LogP contribution in [0.15, 0.2) is 37.2 Å². The number of amides is 1. The first-order chi connectivity index (χ1) is 20.7. The van der Waals surface area contributed by atoms with Crippen LogP contribution in [0, 0.1) is 0 Å². The molecule has 5 heterocycles. The van der Waals surface area contributed by atoms with E-state index in [1.54, 1.807) is 0 Å². The molecule has 2 saturated heterocycles. The Balaban J connectivity index is 1.16. The molecule has 3 aromatic heterocycles. The molecule has 2 aliphatic heterocycles. The number of aromatic nitrogens is 5. The fraction of sp³-hybridized carbons (Fsp3) is 0.476. The zero-order valence-corrected chi connectivity index (χ0v) is 24.0. The number of hydrogen-bond donors (Lipinski definition) is 8. The largest absolute Gasteiger partial charge is 0.481 e. The van der Waals surface area contributed by atoms with Crippen LogP contribution >= 0.6 is 15.6 Å². The lowest BCUT2D eigenvalue weighted by atomic mass is 10.1. The summed E-state index contributed by atoms with van der Waals surface area (Å²) in [6.45, 7) is -1.80. The molecule has 2 fully saturated rings. The van der Waals surface area contributed by atoms with E-state index < -0.39 is 83.8 Å². The second-order valence-electron chi connectivity index (χ2n) is 9.69. The third-order valence-electron chi connectivity index (χ3n) is 6.75. The number of anilines is 1. The molecule has 240 valence electrons. The number of primary amides is 1. The number of nitrogens with two attached hydrogens (primary N) is 2. The van der Waals surface area contributed by atoms with E-state index in [0.29, 0.717) is 0 Å². The highest BCUT2D eigenvalue weighted by atomic mass is 31.3. The lowest BCUT2D eigenvalue weighted by molar-refractivity contribution is -0.765. The van der Waals surface area contributed by atoms with Crippen LogP contribution in [0.3, 0.4) is 0 Å². The van der Waals surface area contributed by atoms with Crippen molar-refractivity contribution in [2.24, 2.45) is 5.73 Å². The first-order valence-corrected chi connectivity index (χ1v) is 15.6. The van der Waals surface area contributed by atoms with Crippen LogP contribution in [-0.2, 0) is 32.0 Å². The fourth-order valence-corrected chi connectivity index (χ4v) is 6.67. The van der Waals surface area contributed by atoms with E-state index in [1.807, 2.05) is 0 Å². The van der Waals surface area contributed by atoms with Crippen molar-refractivity contribution in [2.75, 3.05) is 18.9 Å². The quantitative estimate of drug-likeness (QED) is 0.0747. The summed E-state index contributed by atoms with van der Waals surface area (Å²) in [5.41, 5.74) is 11.4. The summed E-state index contributed by atoms with van der Waals surface area (Å²) < 4.78 is 52.0. The van der Waals surface area contributed by atoms with Gasteiger partial charge in [0.25, 0.3) is 12.1 Å². The molecule has 0 radical (unpaired) electrons. The molecule has 1 amide bonds. The van der Waals surface area contributed by atoms with Gasteiger partial charge in [0.1, 0.15) is 47.9 Å². The lowest BCUT2D eigenvalue weighted by Gasteiger charge is -2.20. The zero-order valence-electron chi connectivity index (χ0n) is 22.2. The third-order valence-corrected chi connectivity index (χ3v) is 9.35. The average Bonchev–Trinajstić information content (AvgIpc) is 3.61. The number of hydrogen-bond acceptors (Lipinski definition) is 16. The number of aliphatic hydroxyl groups excluding tert-OH is 4. The molecular weight excluding hydrogens is 636 g/mol. The van der Waals surface area contributed by atoms with Gasteiger partial charge in [0, 0.05) is 6.07 Å². The topological polar surface area (TPSA) is 318 Å². The van der Waals surface area contributed by atoms with E-state index >= 15 is 0 Å². The number of carbonyl (C=O) groups is 1. The number of nitrogens with zero attached hydrogens (tertiary/aromatic N) is 5. The van der Waals surface area contributed by atoms with Crippen LogP contribution in [0.5, 0.6) is 0 Å². The van der Waals surface area contributed by atoms with Gasteiger partial charge in [-0.3, -0.25) is 18.4 Å². The van der Waals surface area contributed by atoms with Crippen LogP contribution < -0.4 is 16.0 Å². The SMILES string of the molecule is NC(=O)c1ccc[n+]([C@@H]2O[C@H](COP(=O)(O)OP(=O)(O)OC[C@H]3O[C@H](n4cnc5c(N)ncnc54)[C@H](O)[C@@H]3O)[C@@H](O)[C@H]2O)c1. The predicted molar refractivity (Wildman–Crippen MR) is 139 cm³/mol. The van der Waals surface area contributed by atoms with Crippen LogP contribution in [-0.4, -0.2) is 105 Å². The summed E-state index contributed by atoms with van der Waals surface area (Å²) in [5, 5.41) is 41.6. The van der Waals surface area contributed by atoms with E-state index in [9.17, 15) is 44.1 Å². The summed E-state index contributed by atoms with van der Waals surface area (Å²) in [7, 11) is -10.7. The minimum absolute atomic E-state index is 0.0505. The highest BCUT2D eigenvalue weighted by Gasteiger charge is 2.50. The Labute approximate surface area is 246 Å². The number of carbonyl (C=O) groups excluding carboxylic acids is 1.